The minimum atomic E-state index is -4.40. The van der Waals surface area contributed by atoms with E-state index in [1.807, 2.05) is 0 Å². The van der Waals surface area contributed by atoms with Crippen LogP contribution in [0.3, 0.4) is 0 Å². The van der Waals surface area contributed by atoms with Gasteiger partial charge in [-0.25, -0.2) is 9.18 Å². The van der Waals surface area contributed by atoms with Crippen LogP contribution in [0.2, 0.25) is 0 Å². The molecule has 2 nitrogen and oxygen atoms in total. The van der Waals surface area contributed by atoms with Crippen LogP contribution in [0.15, 0.2) is 30.3 Å². The lowest BCUT2D eigenvalue weighted by Crippen LogP contribution is -2.48. The van der Waals surface area contributed by atoms with Crippen molar-refractivity contribution in [3.8, 4) is 0 Å². The first-order chi connectivity index (χ1) is 7.70. The third kappa shape index (κ3) is 2.43. The standard InChI is InChI=1S/C12H13F3O2/c1-11(2,8-6-4-3-5-7-8)9(13)12(14,15)10(16)17/h3-7,9H,1-2H3,(H,16,17). The van der Waals surface area contributed by atoms with Gasteiger partial charge in [0.05, 0.1) is 0 Å². The molecule has 1 rings (SSSR count). The molecular formula is C12H13F3O2. The van der Waals surface area contributed by atoms with Crippen LogP contribution in [0, 0.1) is 0 Å². The van der Waals surface area contributed by atoms with E-state index in [1.165, 1.54) is 26.0 Å². The second-order valence-corrected chi connectivity index (χ2v) is 4.38. The fourth-order valence-corrected chi connectivity index (χ4v) is 1.58. The quantitative estimate of drug-likeness (QED) is 0.886. The summed E-state index contributed by atoms with van der Waals surface area (Å²) in [7, 11) is 0. The van der Waals surface area contributed by atoms with Crippen molar-refractivity contribution >= 4 is 5.97 Å². The number of carboxylic acids is 1. The van der Waals surface area contributed by atoms with Crippen molar-refractivity contribution in [1.29, 1.82) is 0 Å². The molecule has 0 aliphatic rings. The Balaban J connectivity index is 3.11. The summed E-state index contributed by atoms with van der Waals surface area (Å²) < 4.78 is 40.1. The zero-order chi connectivity index (χ0) is 13.3. The number of hydrogen-bond donors (Lipinski definition) is 1. The first-order valence-electron chi connectivity index (χ1n) is 5.01. The fraction of sp³-hybridized carbons (Fsp3) is 0.417. The van der Waals surface area contributed by atoms with Crippen molar-refractivity contribution < 1.29 is 23.1 Å². The largest absolute Gasteiger partial charge is 0.477 e. The summed E-state index contributed by atoms with van der Waals surface area (Å²) in [5.74, 6) is -6.85. The van der Waals surface area contributed by atoms with Crippen molar-refractivity contribution in [2.24, 2.45) is 0 Å². The number of rotatable bonds is 4. The normalized spacial score (nSPS) is 14.4. The predicted molar refractivity (Wildman–Crippen MR) is 56.9 cm³/mol. The molecule has 94 valence electrons. The molecule has 0 heterocycles. The average molecular weight is 246 g/mol. The van der Waals surface area contributed by atoms with Gasteiger partial charge < -0.3 is 5.11 Å². The Morgan fingerprint density at radius 3 is 2.12 bits per heavy atom. The van der Waals surface area contributed by atoms with Crippen LogP contribution >= 0.6 is 0 Å². The maximum atomic E-state index is 13.8. The van der Waals surface area contributed by atoms with Crippen LogP contribution in [0.25, 0.3) is 0 Å². The first kappa shape index (κ1) is 13.5. The molecule has 0 saturated heterocycles. The Bertz CT molecular complexity index is 401. The number of aliphatic carboxylic acids is 1. The predicted octanol–water partition coefficient (Wildman–Crippen LogP) is 3.02. The van der Waals surface area contributed by atoms with Gasteiger partial charge in [0.2, 0.25) is 0 Å². The Morgan fingerprint density at radius 1 is 1.24 bits per heavy atom. The maximum absolute atomic E-state index is 13.8. The molecule has 0 bridgehead atoms. The highest BCUT2D eigenvalue weighted by atomic mass is 19.3. The highest BCUT2D eigenvalue weighted by Gasteiger charge is 2.55. The van der Waals surface area contributed by atoms with Gasteiger partial charge in [-0.05, 0) is 5.56 Å². The topological polar surface area (TPSA) is 37.3 Å². The van der Waals surface area contributed by atoms with Crippen LogP contribution in [0.4, 0.5) is 13.2 Å². The molecule has 1 N–H and O–H groups in total. The number of alkyl halides is 3. The highest BCUT2D eigenvalue weighted by Crippen LogP contribution is 2.38. The van der Waals surface area contributed by atoms with Gasteiger partial charge in [-0.3, -0.25) is 0 Å². The van der Waals surface area contributed by atoms with E-state index in [9.17, 15) is 18.0 Å². The summed E-state index contributed by atoms with van der Waals surface area (Å²) in [6, 6.07) is 7.82. The minimum absolute atomic E-state index is 0.327. The number of halogens is 3. The molecule has 1 aromatic carbocycles. The average Bonchev–Trinajstić information content (AvgIpc) is 2.29. The molecule has 1 atom stereocenters. The molecule has 1 unspecified atom stereocenters. The fourth-order valence-electron chi connectivity index (χ4n) is 1.58. The molecule has 17 heavy (non-hydrogen) atoms. The number of benzene rings is 1. The molecule has 0 aliphatic carbocycles. The van der Waals surface area contributed by atoms with Gasteiger partial charge >= 0.3 is 11.9 Å². The molecule has 5 heteroatoms. The number of hydrogen-bond acceptors (Lipinski definition) is 1. The summed E-state index contributed by atoms with van der Waals surface area (Å²) in [5.41, 5.74) is -1.25. The van der Waals surface area contributed by atoms with Gasteiger partial charge in [-0.2, -0.15) is 8.78 Å². The minimum Gasteiger partial charge on any atom is -0.477 e. The van der Waals surface area contributed by atoms with E-state index in [0.29, 0.717) is 5.56 Å². The van der Waals surface area contributed by atoms with Gasteiger partial charge in [0, 0.05) is 5.41 Å². The molecule has 0 aliphatic heterocycles. The van der Waals surface area contributed by atoms with E-state index in [1.54, 1.807) is 18.2 Å². The lowest BCUT2D eigenvalue weighted by Gasteiger charge is -2.32. The zero-order valence-electron chi connectivity index (χ0n) is 9.45. The van der Waals surface area contributed by atoms with E-state index in [-0.39, 0.29) is 0 Å². The molecular weight excluding hydrogens is 233 g/mol. The summed E-state index contributed by atoms with van der Waals surface area (Å²) in [5, 5.41) is 8.33. The SMILES string of the molecule is CC(C)(c1ccccc1)C(F)C(F)(F)C(=O)O. The molecule has 1 aromatic rings. The monoisotopic (exact) mass is 246 g/mol. The molecule has 0 amide bonds. The van der Waals surface area contributed by atoms with Crippen molar-refractivity contribution in [2.45, 2.75) is 31.4 Å². The van der Waals surface area contributed by atoms with E-state index < -0.39 is 23.5 Å². The van der Waals surface area contributed by atoms with Crippen LogP contribution < -0.4 is 0 Å². The Kier molecular flexibility index (Phi) is 3.50. The van der Waals surface area contributed by atoms with Crippen molar-refractivity contribution in [1.82, 2.24) is 0 Å². The third-order valence-corrected chi connectivity index (χ3v) is 2.75. The maximum Gasteiger partial charge on any atom is 0.377 e. The van der Waals surface area contributed by atoms with Crippen molar-refractivity contribution in [3.05, 3.63) is 35.9 Å². The molecule has 0 aromatic heterocycles. The van der Waals surface area contributed by atoms with Crippen LogP contribution in [0.1, 0.15) is 19.4 Å². The Hall–Kier alpha value is -1.52. The van der Waals surface area contributed by atoms with Crippen LogP contribution in [-0.4, -0.2) is 23.2 Å². The van der Waals surface area contributed by atoms with Crippen LogP contribution in [-0.2, 0) is 10.2 Å². The highest BCUT2D eigenvalue weighted by molar-refractivity contribution is 5.76. The Labute approximate surface area is 97.1 Å². The second kappa shape index (κ2) is 4.39. The van der Waals surface area contributed by atoms with Gasteiger partial charge in [0.15, 0.2) is 6.17 Å². The Morgan fingerprint density at radius 2 is 1.71 bits per heavy atom. The summed E-state index contributed by atoms with van der Waals surface area (Å²) >= 11 is 0. The molecule has 0 fully saturated rings. The van der Waals surface area contributed by atoms with E-state index in [0.717, 1.165) is 0 Å². The van der Waals surface area contributed by atoms with Crippen LogP contribution in [0.5, 0.6) is 0 Å². The third-order valence-electron chi connectivity index (χ3n) is 2.75. The first-order valence-corrected chi connectivity index (χ1v) is 5.01. The van der Waals surface area contributed by atoms with E-state index in [4.69, 9.17) is 5.11 Å². The van der Waals surface area contributed by atoms with E-state index >= 15 is 0 Å². The van der Waals surface area contributed by atoms with Crippen molar-refractivity contribution in [2.75, 3.05) is 0 Å². The van der Waals surface area contributed by atoms with Gasteiger partial charge in [0.25, 0.3) is 0 Å². The second-order valence-electron chi connectivity index (χ2n) is 4.38. The zero-order valence-corrected chi connectivity index (χ0v) is 9.45. The molecule has 0 spiro atoms. The lowest BCUT2D eigenvalue weighted by atomic mass is 9.78. The summed E-state index contributed by atoms with van der Waals surface area (Å²) in [6.07, 6.45) is -2.80. The molecule has 0 radical (unpaired) electrons. The van der Waals surface area contributed by atoms with E-state index in [2.05, 4.69) is 0 Å². The molecule has 0 saturated carbocycles. The van der Waals surface area contributed by atoms with Crippen molar-refractivity contribution in [3.63, 3.8) is 0 Å². The summed E-state index contributed by atoms with van der Waals surface area (Å²) in [6.45, 7) is 2.51. The van der Waals surface area contributed by atoms with Gasteiger partial charge in [0.1, 0.15) is 0 Å². The van der Waals surface area contributed by atoms with Gasteiger partial charge in [-0.15, -0.1) is 0 Å². The lowest BCUT2D eigenvalue weighted by molar-refractivity contribution is -0.179. The smallest absolute Gasteiger partial charge is 0.377 e. The number of carboxylic acid groups (broad SMARTS) is 1. The summed E-state index contributed by atoms with van der Waals surface area (Å²) in [4.78, 5) is 10.4. The number of carbonyl (C=O) groups is 1. The van der Waals surface area contributed by atoms with Gasteiger partial charge in [-0.1, -0.05) is 44.2 Å².